The first-order valence-corrected chi connectivity index (χ1v) is 9.22. The van der Waals surface area contributed by atoms with E-state index in [1.165, 1.54) is 25.1 Å². The molecule has 1 amide bonds. The van der Waals surface area contributed by atoms with Gasteiger partial charge in [0.2, 0.25) is 0 Å². The van der Waals surface area contributed by atoms with Gasteiger partial charge in [-0.05, 0) is 39.8 Å². The summed E-state index contributed by atoms with van der Waals surface area (Å²) in [4.78, 5) is 26.8. The highest BCUT2D eigenvalue weighted by Crippen LogP contribution is 2.45. The molecule has 1 N–H and O–H groups in total. The first kappa shape index (κ1) is 19.6. The molecule has 0 aliphatic carbocycles. The number of aliphatic hydroxyl groups is 1. The van der Waals surface area contributed by atoms with E-state index in [-0.39, 0.29) is 17.1 Å². The van der Waals surface area contributed by atoms with E-state index in [1.54, 1.807) is 25.7 Å². The molecule has 0 aromatic heterocycles. The van der Waals surface area contributed by atoms with Gasteiger partial charge in [0.1, 0.15) is 11.2 Å². The molecule has 1 aromatic carbocycles. The van der Waals surface area contributed by atoms with Crippen molar-refractivity contribution in [2.24, 2.45) is 5.92 Å². The Kier molecular flexibility index (Phi) is 4.93. The van der Waals surface area contributed by atoms with Gasteiger partial charge in [0.05, 0.1) is 17.6 Å². The Labute approximate surface area is 158 Å². The van der Waals surface area contributed by atoms with Gasteiger partial charge < -0.3 is 19.5 Å². The molecule has 7 heteroatoms. The normalized spacial score (nSPS) is 22.8. The van der Waals surface area contributed by atoms with Crippen LogP contribution in [0.2, 0.25) is 0 Å². The molecule has 2 unspecified atom stereocenters. The van der Waals surface area contributed by atoms with Gasteiger partial charge in [0, 0.05) is 25.9 Å². The van der Waals surface area contributed by atoms with Gasteiger partial charge in [-0.1, -0.05) is 6.07 Å². The monoisotopic (exact) mass is 379 g/mol. The molecular weight excluding hydrogens is 353 g/mol. The summed E-state index contributed by atoms with van der Waals surface area (Å²) in [6.07, 6.45) is -0.774. The maximum atomic E-state index is 14.3. The largest absolute Gasteiger partial charge is 0.482 e. The number of benzene rings is 1. The average molecular weight is 379 g/mol. The number of aliphatic hydroxyl groups excluding tert-OH is 1. The molecule has 1 saturated heterocycles. The summed E-state index contributed by atoms with van der Waals surface area (Å²) in [5, 5.41) is 10.3. The number of nitrogens with zero attached hydrogens (tertiary/aromatic N) is 1. The molecule has 0 saturated carbocycles. The minimum atomic E-state index is -1.04. The van der Waals surface area contributed by atoms with E-state index in [4.69, 9.17) is 9.47 Å². The quantitative estimate of drug-likeness (QED) is 0.811. The molecule has 2 atom stereocenters. The van der Waals surface area contributed by atoms with E-state index in [0.717, 1.165) is 0 Å². The third-order valence-corrected chi connectivity index (χ3v) is 5.13. The van der Waals surface area contributed by atoms with Gasteiger partial charge in [0.15, 0.2) is 17.3 Å². The molecule has 2 aliphatic rings. The van der Waals surface area contributed by atoms with Gasteiger partial charge in [0.25, 0.3) is 0 Å². The predicted molar refractivity (Wildman–Crippen MR) is 96.3 cm³/mol. The Hall–Kier alpha value is -2.15. The number of para-hydroxylation sites is 1. The van der Waals surface area contributed by atoms with Crippen LogP contribution in [-0.2, 0) is 4.74 Å². The highest BCUT2D eigenvalue weighted by molar-refractivity contribution is 6.02. The maximum absolute atomic E-state index is 14.3. The number of ether oxygens (including phenoxy) is 2. The second-order valence-corrected chi connectivity index (χ2v) is 8.33. The fourth-order valence-electron chi connectivity index (χ4n) is 3.95. The number of carbonyl (C=O) groups excluding carboxylic acids is 2. The molecule has 2 aliphatic heterocycles. The van der Waals surface area contributed by atoms with Crippen LogP contribution in [-0.4, -0.2) is 52.3 Å². The summed E-state index contributed by atoms with van der Waals surface area (Å²) in [5.74, 6) is -1.80. The lowest BCUT2D eigenvalue weighted by molar-refractivity contribution is -0.0780. The van der Waals surface area contributed by atoms with Crippen LogP contribution in [0.4, 0.5) is 9.18 Å². The van der Waals surface area contributed by atoms with Crippen molar-refractivity contribution in [3.63, 3.8) is 0 Å². The molecule has 6 nitrogen and oxygen atoms in total. The van der Waals surface area contributed by atoms with Gasteiger partial charge in [-0.15, -0.1) is 0 Å². The van der Waals surface area contributed by atoms with E-state index >= 15 is 0 Å². The molecule has 148 valence electrons. The highest BCUT2D eigenvalue weighted by Gasteiger charge is 2.54. The number of halogens is 1. The molecule has 27 heavy (non-hydrogen) atoms. The van der Waals surface area contributed by atoms with Crippen LogP contribution in [0, 0.1) is 11.7 Å². The Morgan fingerprint density at radius 2 is 2.00 bits per heavy atom. The van der Waals surface area contributed by atoms with Crippen LogP contribution in [0.5, 0.6) is 5.75 Å². The Morgan fingerprint density at radius 3 is 2.56 bits per heavy atom. The molecule has 1 aromatic rings. The number of piperidine rings is 1. The number of hydrogen-bond acceptors (Lipinski definition) is 5. The van der Waals surface area contributed by atoms with E-state index in [1.807, 2.05) is 0 Å². The molecular formula is C20H26FNO5. The van der Waals surface area contributed by atoms with Crippen molar-refractivity contribution in [3.8, 4) is 5.75 Å². The number of ketones is 1. The molecule has 1 spiro atoms. The van der Waals surface area contributed by atoms with Crippen LogP contribution in [0.15, 0.2) is 18.2 Å². The lowest BCUT2D eigenvalue weighted by Gasteiger charge is -2.49. The lowest BCUT2D eigenvalue weighted by atomic mass is 9.71. The fraction of sp³-hybridized carbons (Fsp3) is 0.600. The number of hydrogen-bond donors (Lipinski definition) is 1. The van der Waals surface area contributed by atoms with Crippen LogP contribution in [0.1, 0.15) is 50.9 Å². The SMILES string of the molecule is CC(O)C1C(=O)c2cccc(F)c2OC12CCN(C(=O)OC(C)(C)C)CC2. The average Bonchev–Trinajstić information content (AvgIpc) is 2.55. The summed E-state index contributed by atoms with van der Waals surface area (Å²) in [6.45, 7) is 7.52. The van der Waals surface area contributed by atoms with Crippen molar-refractivity contribution in [3.05, 3.63) is 29.6 Å². The van der Waals surface area contributed by atoms with E-state index in [9.17, 15) is 19.1 Å². The van der Waals surface area contributed by atoms with Crippen molar-refractivity contribution in [2.75, 3.05) is 13.1 Å². The van der Waals surface area contributed by atoms with E-state index in [0.29, 0.717) is 25.9 Å². The predicted octanol–water partition coefficient (Wildman–Crippen LogP) is 3.17. The zero-order valence-electron chi connectivity index (χ0n) is 16.1. The smallest absolute Gasteiger partial charge is 0.410 e. The molecule has 3 rings (SSSR count). The summed E-state index contributed by atoms with van der Waals surface area (Å²) >= 11 is 0. The number of Topliss-reactive ketones (excluding diaryl/α,β-unsaturated/α-hetero) is 1. The zero-order valence-corrected chi connectivity index (χ0v) is 16.1. The van der Waals surface area contributed by atoms with Gasteiger partial charge in [-0.2, -0.15) is 0 Å². The first-order valence-electron chi connectivity index (χ1n) is 9.22. The Morgan fingerprint density at radius 1 is 1.37 bits per heavy atom. The minimum absolute atomic E-state index is 0.0647. The minimum Gasteiger partial charge on any atom is -0.482 e. The summed E-state index contributed by atoms with van der Waals surface area (Å²) in [5.41, 5.74) is -1.49. The van der Waals surface area contributed by atoms with E-state index < -0.39 is 35.1 Å². The molecule has 0 radical (unpaired) electrons. The number of likely N-dealkylation sites (tertiary alicyclic amines) is 1. The van der Waals surface area contributed by atoms with Crippen molar-refractivity contribution in [2.45, 2.75) is 57.8 Å². The van der Waals surface area contributed by atoms with Crippen LogP contribution in [0.3, 0.4) is 0 Å². The van der Waals surface area contributed by atoms with Gasteiger partial charge in [-0.25, -0.2) is 9.18 Å². The van der Waals surface area contributed by atoms with Crippen molar-refractivity contribution < 1.29 is 28.6 Å². The molecule has 0 bridgehead atoms. The molecule has 1 fully saturated rings. The maximum Gasteiger partial charge on any atom is 0.410 e. The zero-order chi connectivity index (χ0) is 20.0. The van der Waals surface area contributed by atoms with Gasteiger partial charge >= 0.3 is 6.09 Å². The fourth-order valence-corrected chi connectivity index (χ4v) is 3.95. The Bertz CT molecular complexity index is 747. The second kappa shape index (κ2) is 6.78. The van der Waals surface area contributed by atoms with Crippen molar-refractivity contribution >= 4 is 11.9 Å². The summed E-state index contributed by atoms with van der Waals surface area (Å²) in [7, 11) is 0. The van der Waals surface area contributed by atoms with Crippen molar-refractivity contribution in [1.82, 2.24) is 4.90 Å². The van der Waals surface area contributed by atoms with Crippen LogP contribution >= 0.6 is 0 Å². The third-order valence-electron chi connectivity index (χ3n) is 5.13. The first-order chi connectivity index (χ1) is 12.5. The summed E-state index contributed by atoms with van der Waals surface area (Å²) < 4.78 is 25.7. The molecule has 2 heterocycles. The number of amides is 1. The Balaban J connectivity index is 1.86. The summed E-state index contributed by atoms with van der Waals surface area (Å²) in [6, 6.07) is 4.22. The third kappa shape index (κ3) is 3.65. The lowest BCUT2D eigenvalue weighted by Crippen LogP contribution is -2.60. The number of carbonyl (C=O) groups is 2. The van der Waals surface area contributed by atoms with E-state index in [2.05, 4.69) is 0 Å². The van der Waals surface area contributed by atoms with Crippen LogP contribution < -0.4 is 4.74 Å². The second-order valence-electron chi connectivity index (χ2n) is 8.33. The highest BCUT2D eigenvalue weighted by atomic mass is 19.1. The van der Waals surface area contributed by atoms with Crippen LogP contribution in [0.25, 0.3) is 0 Å². The number of fused-ring (bicyclic) bond motifs is 1. The van der Waals surface area contributed by atoms with Gasteiger partial charge in [-0.3, -0.25) is 4.79 Å². The topological polar surface area (TPSA) is 76.1 Å². The number of rotatable bonds is 1. The standard InChI is InChI=1S/C20H26FNO5/c1-12(23)15-16(24)13-6-5-7-14(21)17(13)26-20(15)8-10-22(11-9-20)18(25)27-19(2,3)4/h5-7,12,15,23H,8-11H2,1-4H3. The van der Waals surface area contributed by atoms with Crippen molar-refractivity contribution in [1.29, 1.82) is 0 Å².